The molecule has 106 valence electrons. The molecule has 4 nitrogen and oxygen atoms in total. The van der Waals surface area contributed by atoms with Gasteiger partial charge in [-0.3, -0.25) is 4.79 Å². The topological polar surface area (TPSA) is 54.9 Å². The first-order valence-electron chi connectivity index (χ1n) is 6.64. The molecule has 1 amide bonds. The van der Waals surface area contributed by atoms with E-state index in [0.717, 1.165) is 36.5 Å². The van der Waals surface area contributed by atoms with Crippen molar-refractivity contribution in [3.05, 3.63) is 10.6 Å². The average molecular weight is 302 g/mol. The molecule has 1 heterocycles. The normalized spacial score (nSPS) is 23.6. The van der Waals surface area contributed by atoms with Crippen LogP contribution in [0.3, 0.4) is 0 Å². The molecule has 1 aromatic rings. The van der Waals surface area contributed by atoms with Gasteiger partial charge in [-0.1, -0.05) is 31.7 Å². The maximum absolute atomic E-state index is 12.2. The summed E-state index contributed by atoms with van der Waals surface area (Å²) in [4.78, 5) is 12.8. The lowest BCUT2D eigenvalue weighted by Crippen LogP contribution is -2.32. The maximum atomic E-state index is 12.2. The molecule has 1 aliphatic rings. The van der Waals surface area contributed by atoms with Crippen LogP contribution in [0.1, 0.15) is 55.4 Å². The number of hydrogen-bond donors (Lipinski definition) is 1. The van der Waals surface area contributed by atoms with E-state index in [9.17, 15) is 4.79 Å². The molecule has 1 fully saturated rings. The molecule has 2 unspecified atom stereocenters. The zero-order chi connectivity index (χ0) is 14.0. The van der Waals surface area contributed by atoms with Crippen LogP contribution in [0.2, 0.25) is 0 Å². The van der Waals surface area contributed by atoms with Gasteiger partial charge in [0, 0.05) is 17.3 Å². The molecule has 1 aliphatic carbocycles. The molecule has 1 aromatic heterocycles. The monoisotopic (exact) mass is 301 g/mol. The van der Waals surface area contributed by atoms with Gasteiger partial charge >= 0.3 is 0 Å². The fourth-order valence-electron chi connectivity index (χ4n) is 2.36. The SMILES string of the molecule is CC(C)(C)c1nnsc1C(=O)NCC1CCCC1Cl. The molecule has 0 aliphatic heterocycles. The van der Waals surface area contributed by atoms with Crippen LogP contribution < -0.4 is 5.32 Å². The third kappa shape index (κ3) is 3.45. The summed E-state index contributed by atoms with van der Waals surface area (Å²) in [7, 11) is 0. The second kappa shape index (κ2) is 5.75. The van der Waals surface area contributed by atoms with E-state index in [-0.39, 0.29) is 16.7 Å². The van der Waals surface area contributed by atoms with E-state index in [1.165, 1.54) is 0 Å². The minimum atomic E-state index is -0.165. The van der Waals surface area contributed by atoms with Crippen LogP contribution in [0.4, 0.5) is 0 Å². The molecule has 0 spiro atoms. The van der Waals surface area contributed by atoms with Gasteiger partial charge in [-0.25, -0.2) is 0 Å². The van der Waals surface area contributed by atoms with Crippen molar-refractivity contribution < 1.29 is 4.79 Å². The van der Waals surface area contributed by atoms with E-state index in [1.54, 1.807) is 0 Å². The second-order valence-electron chi connectivity index (χ2n) is 6.12. The Morgan fingerprint density at radius 1 is 1.47 bits per heavy atom. The number of alkyl halides is 1. The van der Waals surface area contributed by atoms with Gasteiger partial charge in [-0.2, -0.15) is 0 Å². The van der Waals surface area contributed by atoms with E-state index < -0.39 is 0 Å². The van der Waals surface area contributed by atoms with Gasteiger partial charge in [-0.15, -0.1) is 16.7 Å². The van der Waals surface area contributed by atoms with Crippen molar-refractivity contribution in [1.29, 1.82) is 0 Å². The summed E-state index contributed by atoms with van der Waals surface area (Å²) in [6.45, 7) is 6.75. The van der Waals surface area contributed by atoms with Crippen LogP contribution in [0.5, 0.6) is 0 Å². The minimum absolute atomic E-state index is 0.0734. The van der Waals surface area contributed by atoms with Gasteiger partial charge in [0.1, 0.15) is 4.88 Å². The Labute approximate surface area is 123 Å². The number of hydrogen-bond acceptors (Lipinski definition) is 4. The van der Waals surface area contributed by atoms with Crippen LogP contribution in [-0.2, 0) is 5.41 Å². The highest BCUT2D eigenvalue weighted by Crippen LogP contribution is 2.30. The molecular weight excluding hydrogens is 282 g/mol. The van der Waals surface area contributed by atoms with E-state index >= 15 is 0 Å². The number of nitrogens with zero attached hydrogens (tertiary/aromatic N) is 2. The van der Waals surface area contributed by atoms with Crippen LogP contribution in [0.25, 0.3) is 0 Å². The lowest BCUT2D eigenvalue weighted by atomic mass is 9.91. The summed E-state index contributed by atoms with van der Waals surface area (Å²) in [6, 6.07) is 0. The van der Waals surface area contributed by atoms with Crippen molar-refractivity contribution in [3.63, 3.8) is 0 Å². The van der Waals surface area contributed by atoms with Crippen molar-refractivity contribution in [2.45, 2.75) is 50.8 Å². The van der Waals surface area contributed by atoms with Crippen molar-refractivity contribution >= 4 is 29.0 Å². The quantitative estimate of drug-likeness (QED) is 0.873. The summed E-state index contributed by atoms with van der Waals surface area (Å²) in [6.07, 6.45) is 3.31. The predicted octanol–water partition coefficient (Wildman–Crippen LogP) is 2.97. The Morgan fingerprint density at radius 2 is 2.21 bits per heavy atom. The first kappa shape index (κ1) is 14.7. The molecule has 0 bridgehead atoms. The summed E-state index contributed by atoms with van der Waals surface area (Å²) in [5, 5.41) is 7.26. The Balaban J connectivity index is 1.99. The highest BCUT2D eigenvalue weighted by Gasteiger charge is 2.28. The zero-order valence-corrected chi connectivity index (χ0v) is 13.1. The zero-order valence-electron chi connectivity index (χ0n) is 11.6. The Bertz CT molecular complexity index is 455. The van der Waals surface area contributed by atoms with Gasteiger partial charge < -0.3 is 5.32 Å². The fraction of sp³-hybridized carbons (Fsp3) is 0.769. The van der Waals surface area contributed by atoms with E-state index in [0.29, 0.717) is 17.3 Å². The highest BCUT2D eigenvalue weighted by molar-refractivity contribution is 7.08. The third-order valence-corrected chi connectivity index (χ3v) is 4.79. The summed E-state index contributed by atoms with van der Waals surface area (Å²) in [5.41, 5.74) is 0.603. The number of amides is 1. The van der Waals surface area contributed by atoms with Gasteiger partial charge in [-0.05, 0) is 30.3 Å². The molecule has 0 aromatic carbocycles. The predicted molar refractivity (Wildman–Crippen MR) is 77.9 cm³/mol. The number of halogens is 1. The molecule has 1 saturated carbocycles. The Morgan fingerprint density at radius 3 is 2.79 bits per heavy atom. The van der Waals surface area contributed by atoms with E-state index in [4.69, 9.17) is 11.6 Å². The van der Waals surface area contributed by atoms with Crippen LogP contribution in [-0.4, -0.2) is 27.4 Å². The fourth-order valence-corrected chi connectivity index (χ4v) is 3.52. The van der Waals surface area contributed by atoms with Gasteiger partial charge in [0.15, 0.2) is 0 Å². The number of carbonyl (C=O) groups excluding carboxylic acids is 1. The molecule has 2 atom stereocenters. The third-order valence-electron chi connectivity index (χ3n) is 3.50. The van der Waals surface area contributed by atoms with Gasteiger partial charge in [0.25, 0.3) is 5.91 Å². The summed E-state index contributed by atoms with van der Waals surface area (Å²) >= 11 is 7.38. The smallest absolute Gasteiger partial charge is 0.264 e. The second-order valence-corrected chi connectivity index (χ2v) is 7.43. The van der Waals surface area contributed by atoms with Crippen molar-refractivity contribution in [2.24, 2.45) is 5.92 Å². The number of rotatable bonds is 3. The molecule has 2 rings (SSSR count). The van der Waals surface area contributed by atoms with Crippen molar-refractivity contribution in [2.75, 3.05) is 6.54 Å². The van der Waals surface area contributed by atoms with Crippen LogP contribution in [0, 0.1) is 5.92 Å². The van der Waals surface area contributed by atoms with Crippen LogP contribution in [0.15, 0.2) is 0 Å². The first-order valence-corrected chi connectivity index (χ1v) is 7.85. The molecular formula is C13H20ClN3OS. The molecule has 0 radical (unpaired) electrons. The van der Waals surface area contributed by atoms with Crippen molar-refractivity contribution in [1.82, 2.24) is 14.9 Å². The first-order chi connectivity index (χ1) is 8.89. The summed E-state index contributed by atoms with van der Waals surface area (Å²) in [5.74, 6) is 0.320. The van der Waals surface area contributed by atoms with Gasteiger partial charge in [0.2, 0.25) is 0 Å². The van der Waals surface area contributed by atoms with Crippen LogP contribution >= 0.6 is 23.1 Å². The Hall–Kier alpha value is -0.680. The van der Waals surface area contributed by atoms with Gasteiger partial charge in [0.05, 0.1) is 5.69 Å². The van der Waals surface area contributed by atoms with E-state index in [1.807, 2.05) is 20.8 Å². The summed E-state index contributed by atoms with van der Waals surface area (Å²) < 4.78 is 3.91. The lowest BCUT2D eigenvalue weighted by Gasteiger charge is -2.17. The highest BCUT2D eigenvalue weighted by atomic mass is 35.5. The molecule has 19 heavy (non-hydrogen) atoms. The minimum Gasteiger partial charge on any atom is -0.351 e. The molecule has 1 N–H and O–H groups in total. The lowest BCUT2D eigenvalue weighted by molar-refractivity contribution is 0.0949. The average Bonchev–Trinajstić information content (AvgIpc) is 2.93. The largest absolute Gasteiger partial charge is 0.351 e. The standard InChI is InChI=1S/C13H20ClN3OS/c1-13(2,3)11-10(19-17-16-11)12(18)15-7-8-5-4-6-9(8)14/h8-9H,4-7H2,1-3H3,(H,15,18). The number of aromatic nitrogens is 2. The molecule has 6 heteroatoms. The van der Waals surface area contributed by atoms with Crippen molar-refractivity contribution in [3.8, 4) is 0 Å². The number of carbonyl (C=O) groups is 1. The maximum Gasteiger partial charge on any atom is 0.264 e. The van der Waals surface area contributed by atoms with E-state index in [2.05, 4.69) is 14.9 Å². The Kier molecular flexibility index (Phi) is 4.46. The molecule has 0 saturated heterocycles. The number of nitrogens with one attached hydrogen (secondary N) is 1.